The number of hydrogen-bond donors (Lipinski definition) is 2. The van der Waals surface area contributed by atoms with Gasteiger partial charge in [-0.05, 0) is 44.8 Å². The first-order chi connectivity index (χ1) is 13.8. The second-order valence-corrected chi connectivity index (χ2v) is 7.71. The number of aliphatic imine (C=N–C) groups is 1. The van der Waals surface area contributed by atoms with Gasteiger partial charge in [0, 0.05) is 38.8 Å². The van der Waals surface area contributed by atoms with Crippen LogP contribution in [0, 0.1) is 0 Å². The van der Waals surface area contributed by atoms with Gasteiger partial charge in [-0.1, -0.05) is 30.3 Å². The van der Waals surface area contributed by atoms with Gasteiger partial charge in [-0.25, -0.2) is 0 Å². The Bertz CT molecular complexity index is 574. The number of guanidine groups is 1. The van der Waals surface area contributed by atoms with E-state index < -0.39 is 0 Å². The van der Waals surface area contributed by atoms with Crippen LogP contribution in [-0.4, -0.2) is 80.8 Å². The summed E-state index contributed by atoms with van der Waals surface area (Å²) in [7, 11) is 0. The minimum atomic E-state index is 0.545. The Morgan fingerprint density at radius 1 is 1.14 bits per heavy atom. The van der Waals surface area contributed by atoms with Gasteiger partial charge in [-0.2, -0.15) is 0 Å². The van der Waals surface area contributed by atoms with Crippen molar-refractivity contribution >= 4 is 5.96 Å². The Kier molecular flexibility index (Phi) is 9.07. The predicted octanol–water partition coefficient (Wildman–Crippen LogP) is 1.93. The number of morpholine rings is 1. The molecule has 2 aliphatic rings. The monoisotopic (exact) mass is 387 g/mol. The number of nitrogens with one attached hydrogen (secondary N) is 2. The van der Waals surface area contributed by atoms with Crippen LogP contribution in [0.5, 0.6) is 0 Å². The molecule has 0 aromatic heterocycles. The molecule has 6 nitrogen and oxygen atoms in total. The zero-order chi connectivity index (χ0) is 19.4. The van der Waals surface area contributed by atoms with Crippen LogP contribution in [0.3, 0.4) is 0 Å². The molecule has 0 radical (unpaired) electrons. The van der Waals surface area contributed by atoms with E-state index in [1.165, 1.54) is 24.9 Å². The topological polar surface area (TPSA) is 52.1 Å². The van der Waals surface area contributed by atoms with Crippen LogP contribution in [0.25, 0.3) is 0 Å². The molecule has 0 spiro atoms. The van der Waals surface area contributed by atoms with Gasteiger partial charge in [0.15, 0.2) is 5.96 Å². The molecule has 0 bridgehead atoms. The number of likely N-dealkylation sites (tertiary alicyclic amines) is 1. The number of rotatable bonds is 9. The molecule has 2 aliphatic heterocycles. The fourth-order valence-corrected chi connectivity index (χ4v) is 4.00. The molecule has 1 aromatic carbocycles. The van der Waals surface area contributed by atoms with Gasteiger partial charge in [0.2, 0.25) is 0 Å². The highest BCUT2D eigenvalue weighted by Crippen LogP contribution is 2.20. The lowest BCUT2D eigenvalue weighted by Crippen LogP contribution is -2.41. The third kappa shape index (κ3) is 7.08. The van der Waals surface area contributed by atoms with E-state index in [1.807, 2.05) is 0 Å². The highest BCUT2D eigenvalue weighted by Gasteiger charge is 2.24. The van der Waals surface area contributed by atoms with Crippen molar-refractivity contribution in [1.82, 2.24) is 20.4 Å². The van der Waals surface area contributed by atoms with E-state index in [0.717, 1.165) is 71.4 Å². The van der Waals surface area contributed by atoms with Gasteiger partial charge in [-0.15, -0.1) is 0 Å². The smallest absolute Gasteiger partial charge is 0.191 e. The van der Waals surface area contributed by atoms with E-state index in [2.05, 4.69) is 57.7 Å². The molecule has 6 heteroatoms. The molecular weight excluding hydrogens is 350 g/mol. The van der Waals surface area contributed by atoms with Crippen molar-refractivity contribution in [3.8, 4) is 0 Å². The van der Waals surface area contributed by atoms with Gasteiger partial charge in [-0.3, -0.25) is 14.8 Å². The molecule has 1 unspecified atom stereocenters. The molecule has 2 N–H and O–H groups in total. The molecule has 1 aromatic rings. The summed E-state index contributed by atoms with van der Waals surface area (Å²) < 4.78 is 5.41. The van der Waals surface area contributed by atoms with E-state index in [-0.39, 0.29) is 0 Å². The van der Waals surface area contributed by atoms with Crippen molar-refractivity contribution in [2.45, 2.75) is 38.8 Å². The number of nitrogens with zero attached hydrogens (tertiary/aromatic N) is 3. The molecule has 28 heavy (non-hydrogen) atoms. The number of ether oxygens (including phenoxy) is 1. The summed E-state index contributed by atoms with van der Waals surface area (Å²) in [5, 5.41) is 6.91. The highest BCUT2D eigenvalue weighted by atomic mass is 16.5. The third-order valence-electron chi connectivity index (χ3n) is 5.58. The van der Waals surface area contributed by atoms with Crippen LogP contribution >= 0.6 is 0 Å². The van der Waals surface area contributed by atoms with Crippen LogP contribution in [-0.2, 0) is 11.3 Å². The number of hydrogen-bond acceptors (Lipinski definition) is 4. The van der Waals surface area contributed by atoms with E-state index in [1.54, 1.807) is 0 Å². The molecule has 2 fully saturated rings. The van der Waals surface area contributed by atoms with E-state index in [9.17, 15) is 0 Å². The second-order valence-electron chi connectivity index (χ2n) is 7.71. The molecule has 1 atom stereocenters. The largest absolute Gasteiger partial charge is 0.379 e. The zero-order valence-corrected chi connectivity index (χ0v) is 17.4. The maximum atomic E-state index is 5.41. The first-order valence-electron chi connectivity index (χ1n) is 11.0. The lowest BCUT2D eigenvalue weighted by molar-refractivity contribution is 0.0376. The number of benzene rings is 1. The molecule has 2 saturated heterocycles. The maximum absolute atomic E-state index is 5.41. The Balaban J connectivity index is 1.42. The fourth-order valence-electron chi connectivity index (χ4n) is 4.00. The lowest BCUT2D eigenvalue weighted by Gasteiger charge is -2.26. The highest BCUT2D eigenvalue weighted by molar-refractivity contribution is 5.79. The third-order valence-corrected chi connectivity index (χ3v) is 5.58. The molecule has 156 valence electrons. The standard InChI is InChI=1S/C22H37N5O/c1-2-23-22(24-11-7-12-26-14-16-28-17-15-26)25-18-21-10-6-13-27(21)19-20-8-4-3-5-9-20/h3-5,8-9,21H,2,6-7,10-19H2,1H3,(H2,23,24,25). The second kappa shape index (κ2) is 12.0. The predicted molar refractivity (Wildman–Crippen MR) is 116 cm³/mol. The van der Waals surface area contributed by atoms with Crippen molar-refractivity contribution in [3.63, 3.8) is 0 Å². The summed E-state index contributed by atoms with van der Waals surface area (Å²) >= 11 is 0. The van der Waals surface area contributed by atoms with Gasteiger partial charge < -0.3 is 15.4 Å². The summed E-state index contributed by atoms with van der Waals surface area (Å²) in [5.74, 6) is 0.955. The Morgan fingerprint density at radius 2 is 1.96 bits per heavy atom. The first kappa shape index (κ1) is 21.1. The minimum absolute atomic E-state index is 0.545. The minimum Gasteiger partial charge on any atom is -0.379 e. The van der Waals surface area contributed by atoms with Crippen LogP contribution in [0.15, 0.2) is 35.3 Å². The SMILES string of the molecule is CCNC(=NCC1CCCN1Cc1ccccc1)NCCCN1CCOCC1. The zero-order valence-electron chi connectivity index (χ0n) is 17.4. The normalized spacial score (nSPS) is 21.8. The molecule has 3 rings (SSSR count). The van der Waals surface area contributed by atoms with Crippen LogP contribution in [0.4, 0.5) is 0 Å². The maximum Gasteiger partial charge on any atom is 0.191 e. The van der Waals surface area contributed by atoms with E-state index in [0.29, 0.717) is 6.04 Å². The van der Waals surface area contributed by atoms with Crippen LogP contribution < -0.4 is 10.6 Å². The Morgan fingerprint density at radius 3 is 2.75 bits per heavy atom. The van der Waals surface area contributed by atoms with Crippen molar-refractivity contribution in [3.05, 3.63) is 35.9 Å². The van der Waals surface area contributed by atoms with Crippen LogP contribution in [0.2, 0.25) is 0 Å². The molecule has 0 amide bonds. The molecule has 0 aliphatic carbocycles. The summed E-state index contributed by atoms with van der Waals surface area (Å²) in [5.41, 5.74) is 1.39. The van der Waals surface area contributed by atoms with E-state index >= 15 is 0 Å². The van der Waals surface area contributed by atoms with Gasteiger partial charge >= 0.3 is 0 Å². The molecule has 2 heterocycles. The van der Waals surface area contributed by atoms with Crippen molar-refractivity contribution in [1.29, 1.82) is 0 Å². The van der Waals surface area contributed by atoms with Crippen molar-refractivity contribution < 1.29 is 4.74 Å². The fraction of sp³-hybridized carbons (Fsp3) is 0.682. The summed E-state index contributed by atoms with van der Waals surface area (Å²) in [6, 6.07) is 11.3. The van der Waals surface area contributed by atoms with Gasteiger partial charge in [0.1, 0.15) is 0 Å². The average molecular weight is 388 g/mol. The lowest BCUT2D eigenvalue weighted by atomic mass is 10.2. The van der Waals surface area contributed by atoms with Crippen molar-refractivity contribution in [2.24, 2.45) is 4.99 Å². The van der Waals surface area contributed by atoms with Gasteiger partial charge in [0.05, 0.1) is 19.8 Å². The summed E-state index contributed by atoms with van der Waals surface area (Å²) in [4.78, 5) is 9.96. The average Bonchev–Trinajstić information content (AvgIpc) is 3.17. The van der Waals surface area contributed by atoms with Crippen molar-refractivity contribution in [2.75, 3.05) is 59.0 Å². The Hall–Kier alpha value is -1.63. The molecule has 0 saturated carbocycles. The van der Waals surface area contributed by atoms with E-state index in [4.69, 9.17) is 9.73 Å². The first-order valence-corrected chi connectivity index (χ1v) is 11.0. The Labute approximate surface area is 170 Å². The summed E-state index contributed by atoms with van der Waals surface area (Å²) in [6.07, 6.45) is 3.65. The van der Waals surface area contributed by atoms with Gasteiger partial charge in [0.25, 0.3) is 0 Å². The summed E-state index contributed by atoms with van der Waals surface area (Å²) in [6.45, 7) is 12.1. The quantitative estimate of drug-likeness (QED) is 0.385. The van der Waals surface area contributed by atoms with Crippen LogP contribution in [0.1, 0.15) is 31.7 Å². The molecular formula is C22H37N5O.